The number of hydrogen-bond acceptors (Lipinski definition) is 2. The van der Waals surface area contributed by atoms with Gasteiger partial charge in [-0.1, -0.05) is 32.1 Å². The van der Waals surface area contributed by atoms with Gasteiger partial charge in [0.2, 0.25) is 0 Å². The summed E-state index contributed by atoms with van der Waals surface area (Å²) < 4.78 is 0. The Hall–Kier alpha value is -0.0800. The maximum atomic E-state index is 3.76. The zero-order valence-electron chi connectivity index (χ0n) is 13.3. The van der Waals surface area contributed by atoms with E-state index in [-0.39, 0.29) is 0 Å². The Morgan fingerprint density at radius 1 is 0.800 bits per heavy atom. The molecular weight excluding hydrogens is 244 g/mol. The van der Waals surface area contributed by atoms with Crippen molar-refractivity contribution < 1.29 is 0 Å². The Morgan fingerprint density at radius 2 is 1.60 bits per heavy atom. The Morgan fingerprint density at radius 3 is 2.45 bits per heavy atom. The van der Waals surface area contributed by atoms with Gasteiger partial charge in [-0.15, -0.1) is 0 Å². The first kappa shape index (κ1) is 14.8. The molecule has 1 heterocycles. The van der Waals surface area contributed by atoms with Crippen LogP contribution in [0.4, 0.5) is 0 Å². The van der Waals surface area contributed by atoms with Crippen LogP contribution in [0.1, 0.15) is 64.2 Å². The van der Waals surface area contributed by atoms with Crippen LogP contribution < -0.4 is 5.32 Å². The second-order valence-corrected chi connectivity index (χ2v) is 7.59. The highest BCUT2D eigenvalue weighted by Gasteiger charge is 2.31. The molecule has 3 rings (SSSR count). The molecule has 3 aliphatic rings. The Kier molecular flexibility index (Phi) is 5.78. The molecule has 3 fully saturated rings. The molecule has 0 radical (unpaired) electrons. The summed E-state index contributed by atoms with van der Waals surface area (Å²) in [5, 5.41) is 3.76. The minimum absolute atomic E-state index is 0.982. The molecule has 2 aliphatic carbocycles. The van der Waals surface area contributed by atoms with Crippen LogP contribution in [0.3, 0.4) is 0 Å². The normalized spacial score (nSPS) is 35.7. The molecule has 1 N–H and O–H groups in total. The molecule has 20 heavy (non-hydrogen) atoms. The van der Waals surface area contributed by atoms with Crippen molar-refractivity contribution in [2.75, 3.05) is 32.7 Å². The summed E-state index contributed by atoms with van der Waals surface area (Å²) in [6.45, 7) is 6.46. The van der Waals surface area contributed by atoms with Gasteiger partial charge in [-0.05, 0) is 69.5 Å². The van der Waals surface area contributed by atoms with Crippen LogP contribution in [-0.4, -0.2) is 37.6 Å². The lowest BCUT2D eigenvalue weighted by atomic mass is 9.67. The van der Waals surface area contributed by atoms with Crippen LogP contribution in [0, 0.1) is 17.8 Å². The molecule has 2 heteroatoms. The quantitative estimate of drug-likeness (QED) is 0.772. The van der Waals surface area contributed by atoms with Crippen LogP contribution in [0.25, 0.3) is 0 Å². The fourth-order valence-electron chi connectivity index (χ4n) is 4.88. The summed E-state index contributed by atoms with van der Waals surface area (Å²) in [7, 11) is 0. The smallest absolute Gasteiger partial charge is 0.0107 e. The predicted molar refractivity (Wildman–Crippen MR) is 85.9 cm³/mol. The van der Waals surface area contributed by atoms with Crippen LogP contribution in [0.2, 0.25) is 0 Å². The number of hydrogen-bond donors (Lipinski definition) is 1. The molecule has 1 aliphatic heterocycles. The average molecular weight is 278 g/mol. The third-order valence-electron chi connectivity index (χ3n) is 6.13. The lowest BCUT2D eigenvalue weighted by molar-refractivity contribution is 0.128. The van der Waals surface area contributed by atoms with Gasteiger partial charge in [0, 0.05) is 13.1 Å². The summed E-state index contributed by atoms with van der Waals surface area (Å²) in [6.07, 6.45) is 15.0. The van der Waals surface area contributed by atoms with E-state index in [0.29, 0.717) is 0 Å². The van der Waals surface area contributed by atoms with E-state index in [9.17, 15) is 0 Å². The summed E-state index contributed by atoms with van der Waals surface area (Å²) in [4.78, 5) is 2.65. The molecule has 0 aromatic carbocycles. The maximum Gasteiger partial charge on any atom is 0.0107 e. The van der Waals surface area contributed by atoms with Gasteiger partial charge in [-0.2, -0.15) is 0 Å². The van der Waals surface area contributed by atoms with Crippen LogP contribution in [-0.2, 0) is 0 Å². The number of nitrogens with one attached hydrogen (secondary N) is 1. The number of piperidine rings is 1. The highest BCUT2D eigenvalue weighted by Crippen LogP contribution is 2.42. The van der Waals surface area contributed by atoms with Gasteiger partial charge < -0.3 is 10.2 Å². The minimum Gasteiger partial charge on any atom is -0.315 e. The summed E-state index contributed by atoms with van der Waals surface area (Å²) >= 11 is 0. The fourth-order valence-corrected chi connectivity index (χ4v) is 4.88. The predicted octanol–water partition coefficient (Wildman–Crippen LogP) is 3.67. The van der Waals surface area contributed by atoms with Gasteiger partial charge in [0.25, 0.3) is 0 Å². The molecule has 1 saturated heterocycles. The number of likely N-dealkylation sites (tertiary alicyclic amines) is 1. The van der Waals surface area contributed by atoms with E-state index in [4.69, 9.17) is 0 Å². The van der Waals surface area contributed by atoms with Gasteiger partial charge in [0.15, 0.2) is 0 Å². The summed E-state index contributed by atoms with van der Waals surface area (Å²) in [5.74, 6) is 3.18. The van der Waals surface area contributed by atoms with E-state index in [1.807, 2.05) is 0 Å². The van der Waals surface area contributed by atoms with Gasteiger partial charge in [-0.3, -0.25) is 0 Å². The second-order valence-electron chi connectivity index (χ2n) is 7.59. The average Bonchev–Trinajstić information content (AvgIpc) is 2.52. The number of nitrogens with zero attached hydrogens (tertiary/aromatic N) is 1. The van der Waals surface area contributed by atoms with Gasteiger partial charge in [-0.25, -0.2) is 0 Å². The Bertz CT molecular complexity index is 273. The molecule has 2 nitrogen and oxygen atoms in total. The molecule has 3 unspecified atom stereocenters. The first-order valence-electron chi connectivity index (χ1n) is 9.35. The van der Waals surface area contributed by atoms with E-state index >= 15 is 0 Å². The maximum absolute atomic E-state index is 3.76. The first-order valence-corrected chi connectivity index (χ1v) is 9.35. The van der Waals surface area contributed by atoms with Crippen LogP contribution in [0.15, 0.2) is 0 Å². The molecular formula is C18H34N2. The molecule has 3 atom stereocenters. The van der Waals surface area contributed by atoms with E-state index in [2.05, 4.69) is 10.2 Å². The van der Waals surface area contributed by atoms with Crippen molar-refractivity contribution in [3.8, 4) is 0 Å². The minimum atomic E-state index is 0.982. The molecule has 0 aromatic rings. The van der Waals surface area contributed by atoms with Crippen LogP contribution >= 0.6 is 0 Å². The molecule has 2 saturated carbocycles. The lowest BCUT2D eigenvalue weighted by Crippen LogP contribution is -2.38. The topological polar surface area (TPSA) is 15.3 Å². The third kappa shape index (κ3) is 4.21. The summed E-state index contributed by atoms with van der Waals surface area (Å²) in [6, 6.07) is 0. The van der Waals surface area contributed by atoms with Crippen molar-refractivity contribution in [2.45, 2.75) is 64.2 Å². The highest BCUT2D eigenvalue weighted by atomic mass is 15.1. The lowest BCUT2D eigenvalue weighted by Gasteiger charge is -2.39. The number of rotatable bonds is 5. The Labute approximate surface area is 125 Å². The van der Waals surface area contributed by atoms with Gasteiger partial charge >= 0.3 is 0 Å². The largest absolute Gasteiger partial charge is 0.315 e. The highest BCUT2D eigenvalue weighted by molar-refractivity contribution is 4.84. The zero-order valence-corrected chi connectivity index (χ0v) is 13.3. The number of fused-ring (bicyclic) bond motifs is 1. The van der Waals surface area contributed by atoms with E-state index < -0.39 is 0 Å². The molecule has 0 bridgehead atoms. The van der Waals surface area contributed by atoms with Crippen molar-refractivity contribution in [3.05, 3.63) is 0 Å². The standard InChI is InChI=1S/C18H34N2/c1-4-11-20(12-5-1)13-10-19-15-16-8-9-17-6-2-3-7-18(17)14-16/h16-19H,1-15H2. The molecule has 0 spiro atoms. The van der Waals surface area contributed by atoms with Crippen molar-refractivity contribution >= 4 is 0 Å². The van der Waals surface area contributed by atoms with Crippen molar-refractivity contribution in [2.24, 2.45) is 17.8 Å². The zero-order chi connectivity index (χ0) is 13.6. The third-order valence-corrected chi connectivity index (χ3v) is 6.13. The van der Waals surface area contributed by atoms with Gasteiger partial charge in [0.1, 0.15) is 0 Å². The fraction of sp³-hybridized carbons (Fsp3) is 1.00. The van der Waals surface area contributed by atoms with Crippen molar-refractivity contribution in [1.82, 2.24) is 10.2 Å². The first-order chi connectivity index (χ1) is 9.92. The molecule has 116 valence electrons. The molecule has 0 amide bonds. The summed E-state index contributed by atoms with van der Waals surface area (Å²) in [5.41, 5.74) is 0. The van der Waals surface area contributed by atoms with Crippen LogP contribution in [0.5, 0.6) is 0 Å². The second kappa shape index (κ2) is 7.79. The van der Waals surface area contributed by atoms with Crippen molar-refractivity contribution in [1.29, 1.82) is 0 Å². The van der Waals surface area contributed by atoms with E-state index in [1.165, 1.54) is 90.5 Å². The SMILES string of the molecule is C1CCN(CCNCC2CCC3CCCCC3C2)CC1. The van der Waals surface area contributed by atoms with Gasteiger partial charge in [0.05, 0.1) is 0 Å². The van der Waals surface area contributed by atoms with E-state index in [0.717, 1.165) is 17.8 Å². The molecule has 0 aromatic heterocycles. The van der Waals surface area contributed by atoms with E-state index in [1.54, 1.807) is 6.42 Å². The Balaban J connectivity index is 1.28. The monoisotopic (exact) mass is 278 g/mol. The van der Waals surface area contributed by atoms with Crippen molar-refractivity contribution in [3.63, 3.8) is 0 Å².